The lowest BCUT2D eigenvalue weighted by Crippen LogP contribution is -2.35. The number of aryl methyl sites for hydroxylation is 2. The van der Waals surface area contributed by atoms with Crippen LogP contribution >= 0.6 is 0 Å². The Morgan fingerprint density at radius 3 is 2.81 bits per heavy atom. The Hall–Kier alpha value is -2.17. The van der Waals surface area contributed by atoms with Gasteiger partial charge in [-0.1, -0.05) is 35.5 Å². The molecule has 2 aliphatic rings. The van der Waals surface area contributed by atoms with Gasteiger partial charge in [0.2, 0.25) is 11.8 Å². The average Bonchev–Trinajstić information content (AvgIpc) is 3.22. The fourth-order valence-electron chi connectivity index (χ4n) is 3.86. The molecule has 0 radical (unpaired) electrons. The van der Waals surface area contributed by atoms with Crippen LogP contribution < -0.4 is 0 Å². The standard InChI is InChI=1S/C21H27N3O2/c25-20(10-4-8-16-6-2-1-3-7-16)24-15-5-9-18(24)13-14-19-22-21(26-23-19)17-11-12-17/h1-3,6-7,17-18H,4-5,8-15H2. The summed E-state index contributed by atoms with van der Waals surface area (Å²) in [4.78, 5) is 19.2. The molecule has 1 aliphatic carbocycles. The molecule has 0 N–H and O–H groups in total. The van der Waals surface area contributed by atoms with Crippen LogP contribution in [0, 0.1) is 0 Å². The van der Waals surface area contributed by atoms with E-state index in [9.17, 15) is 4.79 Å². The monoisotopic (exact) mass is 353 g/mol. The van der Waals surface area contributed by atoms with Crippen molar-refractivity contribution >= 4 is 5.91 Å². The van der Waals surface area contributed by atoms with Gasteiger partial charge in [0.1, 0.15) is 0 Å². The van der Waals surface area contributed by atoms with E-state index in [1.54, 1.807) is 0 Å². The summed E-state index contributed by atoms with van der Waals surface area (Å²) in [6, 6.07) is 10.7. The van der Waals surface area contributed by atoms with Gasteiger partial charge in [-0.15, -0.1) is 0 Å². The molecule has 138 valence electrons. The van der Waals surface area contributed by atoms with Crippen molar-refractivity contribution in [1.29, 1.82) is 0 Å². The van der Waals surface area contributed by atoms with Crippen LogP contribution in [0.2, 0.25) is 0 Å². The molecule has 5 nitrogen and oxygen atoms in total. The molecule has 1 unspecified atom stereocenters. The molecule has 1 saturated heterocycles. The first-order valence-corrected chi connectivity index (χ1v) is 9.95. The predicted molar refractivity (Wildman–Crippen MR) is 98.7 cm³/mol. The average molecular weight is 353 g/mol. The van der Waals surface area contributed by atoms with E-state index in [0.717, 1.165) is 56.8 Å². The molecular formula is C21H27N3O2. The van der Waals surface area contributed by atoms with Crippen LogP contribution in [-0.2, 0) is 17.6 Å². The zero-order valence-corrected chi connectivity index (χ0v) is 15.3. The largest absolute Gasteiger partial charge is 0.340 e. The SMILES string of the molecule is O=C(CCCc1ccccc1)N1CCCC1CCc1noc(C2CC2)n1. The Kier molecular flexibility index (Phi) is 5.32. The Morgan fingerprint density at radius 1 is 1.15 bits per heavy atom. The molecule has 2 fully saturated rings. The molecule has 1 aromatic carbocycles. The van der Waals surface area contributed by atoms with Crippen LogP contribution in [0.1, 0.15) is 68.1 Å². The summed E-state index contributed by atoms with van der Waals surface area (Å²) in [5, 5.41) is 4.10. The minimum absolute atomic E-state index is 0.301. The van der Waals surface area contributed by atoms with Crippen molar-refractivity contribution in [3.63, 3.8) is 0 Å². The summed E-state index contributed by atoms with van der Waals surface area (Å²) in [6.45, 7) is 0.897. The van der Waals surface area contributed by atoms with Crippen LogP contribution in [0.3, 0.4) is 0 Å². The van der Waals surface area contributed by atoms with E-state index in [2.05, 4.69) is 39.3 Å². The minimum atomic E-state index is 0.301. The van der Waals surface area contributed by atoms with Gasteiger partial charge in [-0.3, -0.25) is 4.79 Å². The molecule has 1 aliphatic heterocycles. The number of amides is 1. The highest BCUT2D eigenvalue weighted by molar-refractivity contribution is 5.76. The van der Waals surface area contributed by atoms with Crippen molar-refractivity contribution in [1.82, 2.24) is 15.0 Å². The summed E-state index contributed by atoms with van der Waals surface area (Å²) in [6.07, 6.45) is 8.82. The molecule has 1 amide bonds. The second-order valence-electron chi connectivity index (χ2n) is 7.58. The molecule has 1 atom stereocenters. The third kappa shape index (κ3) is 4.32. The Bertz CT molecular complexity index is 724. The fraction of sp³-hybridized carbons (Fsp3) is 0.571. The smallest absolute Gasteiger partial charge is 0.229 e. The van der Waals surface area contributed by atoms with Gasteiger partial charge in [0.25, 0.3) is 0 Å². The molecule has 26 heavy (non-hydrogen) atoms. The van der Waals surface area contributed by atoms with E-state index in [0.29, 0.717) is 24.3 Å². The molecule has 2 heterocycles. The Morgan fingerprint density at radius 2 is 2.00 bits per heavy atom. The molecular weight excluding hydrogens is 326 g/mol. The van der Waals surface area contributed by atoms with E-state index in [1.165, 1.54) is 18.4 Å². The molecule has 0 bridgehead atoms. The van der Waals surface area contributed by atoms with E-state index in [1.807, 2.05) is 6.07 Å². The fourth-order valence-corrected chi connectivity index (χ4v) is 3.86. The Balaban J connectivity index is 1.23. The lowest BCUT2D eigenvalue weighted by atomic mass is 10.1. The number of aromatic nitrogens is 2. The first-order chi connectivity index (χ1) is 12.8. The first kappa shape index (κ1) is 17.3. The van der Waals surface area contributed by atoms with Crippen molar-refractivity contribution in [3.05, 3.63) is 47.6 Å². The highest BCUT2D eigenvalue weighted by atomic mass is 16.5. The van der Waals surface area contributed by atoms with E-state index >= 15 is 0 Å². The molecule has 0 spiro atoms. The highest BCUT2D eigenvalue weighted by Crippen LogP contribution is 2.38. The van der Waals surface area contributed by atoms with Gasteiger partial charge in [0.05, 0.1) is 0 Å². The number of nitrogens with zero attached hydrogens (tertiary/aromatic N) is 3. The van der Waals surface area contributed by atoms with Crippen molar-refractivity contribution < 1.29 is 9.32 Å². The van der Waals surface area contributed by atoms with Gasteiger partial charge >= 0.3 is 0 Å². The summed E-state index contributed by atoms with van der Waals surface area (Å²) in [5.74, 6) is 2.41. The molecule has 1 saturated carbocycles. The van der Waals surface area contributed by atoms with Gasteiger partial charge in [0.15, 0.2) is 5.82 Å². The van der Waals surface area contributed by atoms with Crippen LogP contribution in [0.25, 0.3) is 0 Å². The van der Waals surface area contributed by atoms with Crippen LogP contribution in [0.15, 0.2) is 34.9 Å². The van der Waals surface area contributed by atoms with E-state index in [4.69, 9.17) is 4.52 Å². The third-order valence-electron chi connectivity index (χ3n) is 5.51. The second kappa shape index (κ2) is 8.02. The van der Waals surface area contributed by atoms with Gasteiger partial charge in [-0.25, -0.2) is 0 Å². The lowest BCUT2D eigenvalue weighted by Gasteiger charge is -2.24. The number of benzene rings is 1. The van der Waals surface area contributed by atoms with Crippen LogP contribution in [0.5, 0.6) is 0 Å². The normalized spacial score (nSPS) is 19.8. The topological polar surface area (TPSA) is 59.2 Å². The first-order valence-electron chi connectivity index (χ1n) is 9.95. The Labute approximate surface area is 154 Å². The summed E-state index contributed by atoms with van der Waals surface area (Å²) < 4.78 is 5.33. The summed E-state index contributed by atoms with van der Waals surface area (Å²) in [5.41, 5.74) is 1.31. The minimum Gasteiger partial charge on any atom is -0.340 e. The number of rotatable bonds is 8. The van der Waals surface area contributed by atoms with Crippen LogP contribution in [-0.4, -0.2) is 33.5 Å². The zero-order chi connectivity index (χ0) is 17.8. The molecule has 4 rings (SSSR count). The second-order valence-corrected chi connectivity index (χ2v) is 7.58. The number of hydrogen-bond donors (Lipinski definition) is 0. The van der Waals surface area contributed by atoms with Gasteiger partial charge in [0, 0.05) is 31.3 Å². The number of hydrogen-bond acceptors (Lipinski definition) is 4. The summed E-state index contributed by atoms with van der Waals surface area (Å²) in [7, 11) is 0. The van der Waals surface area contributed by atoms with Crippen molar-refractivity contribution in [2.24, 2.45) is 0 Å². The van der Waals surface area contributed by atoms with E-state index < -0.39 is 0 Å². The number of likely N-dealkylation sites (tertiary alicyclic amines) is 1. The summed E-state index contributed by atoms with van der Waals surface area (Å²) >= 11 is 0. The maximum atomic E-state index is 12.6. The molecule has 5 heteroatoms. The highest BCUT2D eigenvalue weighted by Gasteiger charge is 2.31. The van der Waals surface area contributed by atoms with Gasteiger partial charge < -0.3 is 9.42 Å². The zero-order valence-electron chi connectivity index (χ0n) is 15.3. The van der Waals surface area contributed by atoms with Gasteiger partial charge in [-0.2, -0.15) is 4.98 Å². The molecule has 1 aromatic heterocycles. The van der Waals surface area contributed by atoms with E-state index in [-0.39, 0.29) is 0 Å². The quantitative estimate of drug-likeness (QED) is 0.722. The number of carbonyl (C=O) groups excluding carboxylic acids is 1. The maximum Gasteiger partial charge on any atom is 0.229 e. The lowest BCUT2D eigenvalue weighted by molar-refractivity contribution is -0.132. The third-order valence-corrected chi connectivity index (χ3v) is 5.51. The molecule has 2 aromatic rings. The predicted octanol–water partition coefficient (Wildman–Crippen LogP) is 3.89. The van der Waals surface area contributed by atoms with Crippen molar-refractivity contribution in [2.75, 3.05) is 6.54 Å². The van der Waals surface area contributed by atoms with Gasteiger partial charge in [-0.05, 0) is 50.5 Å². The van der Waals surface area contributed by atoms with Crippen LogP contribution in [0.4, 0.5) is 0 Å². The van der Waals surface area contributed by atoms with Crippen molar-refractivity contribution in [3.8, 4) is 0 Å². The maximum absolute atomic E-state index is 12.6. The van der Waals surface area contributed by atoms with Crippen molar-refractivity contribution in [2.45, 2.75) is 69.7 Å². The number of carbonyl (C=O) groups is 1.